The van der Waals surface area contributed by atoms with Crippen LogP contribution in [0.4, 0.5) is 11.4 Å². The second-order valence-electron chi connectivity index (χ2n) is 4.92. The van der Waals surface area contributed by atoms with Crippen molar-refractivity contribution in [3.8, 4) is 0 Å². The van der Waals surface area contributed by atoms with Crippen LogP contribution in [0.2, 0.25) is 0 Å². The molecule has 0 fully saturated rings. The Morgan fingerprint density at radius 1 is 1.35 bits per heavy atom. The summed E-state index contributed by atoms with van der Waals surface area (Å²) in [6.07, 6.45) is 1.07. The Labute approximate surface area is 121 Å². The van der Waals surface area contributed by atoms with E-state index in [1.807, 2.05) is 13.0 Å². The van der Waals surface area contributed by atoms with Crippen LogP contribution in [0.25, 0.3) is 0 Å². The zero-order valence-corrected chi connectivity index (χ0v) is 12.8. The van der Waals surface area contributed by atoms with E-state index in [0.29, 0.717) is 18.3 Å². The van der Waals surface area contributed by atoms with Gasteiger partial charge in [0.25, 0.3) is 5.69 Å². The molecule has 0 aromatic heterocycles. The van der Waals surface area contributed by atoms with Gasteiger partial charge < -0.3 is 5.32 Å². The second kappa shape index (κ2) is 7.85. The molecule has 1 N–H and O–H groups in total. The van der Waals surface area contributed by atoms with Crippen molar-refractivity contribution >= 4 is 11.4 Å². The van der Waals surface area contributed by atoms with Gasteiger partial charge in [0.1, 0.15) is 5.69 Å². The fourth-order valence-corrected chi connectivity index (χ4v) is 2.31. The molecule has 20 heavy (non-hydrogen) atoms. The van der Waals surface area contributed by atoms with E-state index in [4.69, 9.17) is 0 Å². The molecule has 1 rings (SSSR count). The lowest BCUT2D eigenvalue weighted by Gasteiger charge is -2.27. The Bertz CT molecular complexity index is 449. The fraction of sp³-hybridized carbons (Fsp3) is 0.600. The summed E-state index contributed by atoms with van der Waals surface area (Å²) in [4.78, 5) is 13.2. The van der Waals surface area contributed by atoms with Crippen molar-refractivity contribution in [2.45, 2.75) is 46.7 Å². The van der Waals surface area contributed by atoms with Crippen LogP contribution < -0.4 is 5.32 Å². The van der Waals surface area contributed by atoms with Gasteiger partial charge in [-0.1, -0.05) is 26.0 Å². The van der Waals surface area contributed by atoms with E-state index in [1.54, 1.807) is 12.1 Å². The summed E-state index contributed by atoms with van der Waals surface area (Å²) in [5.41, 5.74) is 1.80. The van der Waals surface area contributed by atoms with E-state index in [1.165, 1.54) is 0 Å². The first-order valence-electron chi connectivity index (χ1n) is 7.29. The molecule has 0 amide bonds. The Balaban J connectivity index is 3.10. The van der Waals surface area contributed by atoms with Crippen molar-refractivity contribution in [1.82, 2.24) is 4.90 Å². The van der Waals surface area contributed by atoms with Crippen LogP contribution in [0.1, 0.15) is 39.7 Å². The first kappa shape index (κ1) is 16.4. The molecule has 5 nitrogen and oxygen atoms in total. The summed E-state index contributed by atoms with van der Waals surface area (Å²) >= 11 is 0. The lowest BCUT2D eigenvalue weighted by atomic mass is 10.1. The third-order valence-electron chi connectivity index (χ3n) is 3.67. The smallest absolute Gasteiger partial charge is 0.292 e. The maximum Gasteiger partial charge on any atom is 0.292 e. The number of nitro groups is 1. The lowest BCUT2D eigenvalue weighted by Crippen LogP contribution is -2.32. The zero-order valence-electron chi connectivity index (χ0n) is 12.8. The number of hydrogen-bond donors (Lipinski definition) is 1. The van der Waals surface area contributed by atoms with Crippen LogP contribution in [-0.4, -0.2) is 29.0 Å². The number of nitrogens with zero attached hydrogens (tertiary/aromatic N) is 2. The first-order chi connectivity index (χ1) is 9.54. The van der Waals surface area contributed by atoms with Crippen molar-refractivity contribution in [3.63, 3.8) is 0 Å². The van der Waals surface area contributed by atoms with Crippen molar-refractivity contribution < 1.29 is 4.92 Å². The van der Waals surface area contributed by atoms with Crippen LogP contribution in [-0.2, 0) is 6.54 Å². The molecule has 0 saturated heterocycles. The predicted molar refractivity (Wildman–Crippen MR) is 83.1 cm³/mol. The number of rotatable bonds is 8. The minimum atomic E-state index is -0.318. The summed E-state index contributed by atoms with van der Waals surface area (Å²) in [6.45, 7) is 10.8. The highest BCUT2D eigenvalue weighted by Crippen LogP contribution is 2.29. The standard InChI is InChI=1S/C15H25N3O2/c1-5-12(4)17(7-3)11-13-9-8-10-14(18(19)20)15(13)16-6-2/h8-10,12,16H,5-7,11H2,1-4H3. The molecule has 0 aliphatic heterocycles. The molecule has 0 bridgehead atoms. The van der Waals surface area contributed by atoms with Crippen LogP contribution in [0.3, 0.4) is 0 Å². The highest BCUT2D eigenvalue weighted by atomic mass is 16.6. The van der Waals surface area contributed by atoms with Gasteiger partial charge in [0.05, 0.1) is 4.92 Å². The average molecular weight is 279 g/mol. The van der Waals surface area contributed by atoms with Gasteiger partial charge in [-0.3, -0.25) is 15.0 Å². The van der Waals surface area contributed by atoms with Gasteiger partial charge in [-0.05, 0) is 32.4 Å². The molecule has 0 radical (unpaired) electrons. The highest BCUT2D eigenvalue weighted by molar-refractivity contribution is 5.66. The van der Waals surface area contributed by atoms with Gasteiger partial charge in [0, 0.05) is 25.2 Å². The number of anilines is 1. The third kappa shape index (κ3) is 3.93. The molecular formula is C15H25N3O2. The quantitative estimate of drug-likeness (QED) is 0.583. The Morgan fingerprint density at radius 2 is 2.05 bits per heavy atom. The van der Waals surface area contributed by atoms with E-state index in [0.717, 1.165) is 25.1 Å². The normalized spacial score (nSPS) is 12.4. The second-order valence-corrected chi connectivity index (χ2v) is 4.92. The number of para-hydroxylation sites is 1. The zero-order chi connectivity index (χ0) is 15.1. The molecule has 1 aromatic carbocycles. The molecule has 0 saturated carbocycles. The lowest BCUT2D eigenvalue weighted by molar-refractivity contribution is -0.384. The van der Waals surface area contributed by atoms with Gasteiger partial charge in [0.2, 0.25) is 0 Å². The molecular weight excluding hydrogens is 254 g/mol. The maximum absolute atomic E-state index is 11.1. The molecule has 5 heteroatoms. The number of hydrogen-bond acceptors (Lipinski definition) is 4. The molecule has 112 valence electrons. The van der Waals surface area contributed by atoms with E-state index < -0.39 is 0 Å². The largest absolute Gasteiger partial charge is 0.380 e. The Kier molecular flexibility index (Phi) is 6.45. The molecule has 0 aliphatic carbocycles. The minimum absolute atomic E-state index is 0.157. The van der Waals surface area contributed by atoms with Crippen LogP contribution in [0.5, 0.6) is 0 Å². The predicted octanol–water partition coefficient (Wildman–Crippen LogP) is 3.65. The number of benzene rings is 1. The van der Waals surface area contributed by atoms with Gasteiger partial charge >= 0.3 is 0 Å². The molecule has 0 aliphatic rings. The molecule has 0 heterocycles. The monoisotopic (exact) mass is 279 g/mol. The van der Waals surface area contributed by atoms with Crippen LogP contribution >= 0.6 is 0 Å². The number of nitro benzene ring substituents is 1. The molecule has 1 unspecified atom stereocenters. The van der Waals surface area contributed by atoms with Crippen molar-refractivity contribution in [3.05, 3.63) is 33.9 Å². The number of nitrogens with one attached hydrogen (secondary N) is 1. The van der Waals surface area contributed by atoms with Gasteiger partial charge in [-0.15, -0.1) is 0 Å². The summed E-state index contributed by atoms with van der Waals surface area (Å²) in [5, 5.41) is 14.3. The summed E-state index contributed by atoms with van der Waals surface area (Å²) < 4.78 is 0. The minimum Gasteiger partial charge on any atom is -0.380 e. The summed E-state index contributed by atoms with van der Waals surface area (Å²) in [6, 6.07) is 5.75. The SMILES string of the molecule is CCNc1c(CN(CC)C(C)CC)cccc1[N+](=O)[O-]. The molecule has 1 atom stereocenters. The highest BCUT2D eigenvalue weighted by Gasteiger charge is 2.19. The van der Waals surface area contributed by atoms with Gasteiger partial charge in [0.15, 0.2) is 0 Å². The van der Waals surface area contributed by atoms with Crippen molar-refractivity contribution in [2.75, 3.05) is 18.4 Å². The Morgan fingerprint density at radius 3 is 2.55 bits per heavy atom. The Hall–Kier alpha value is -1.62. The van der Waals surface area contributed by atoms with E-state index in [2.05, 4.69) is 31.0 Å². The third-order valence-corrected chi connectivity index (χ3v) is 3.67. The first-order valence-corrected chi connectivity index (χ1v) is 7.29. The maximum atomic E-state index is 11.1. The van der Waals surface area contributed by atoms with E-state index in [9.17, 15) is 10.1 Å². The van der Waals surface area contributed by atoms with Gasteiger partial charge in [-0.25, -0.2) is 0 Å². The topological polar surface area (TPSA) is 58.4 Å². The van der Waals surface area contributed by atoms with Crippen LogP contribution in [0.15, 0.2) is 18.2 Å². The van der Waals surface area contributed by atoms with Gasteiger partial charge in [-0.2, -0.15) is 0 Å². The fourth-order valence-electron chi connectivity index (χ4n) is 2.31. The van der Waals surface area contributed by atoms with Crippen molar-refractivity contribution in [2.24, 2.45) is 0 Å². The summed E-state index contributed by atoms with van der Waals surface area (Å²) in [5.74, 6) is 0. The molecule has 1 aromatic rings. The van der Waals surface area contributed by atoms with Crippen molar-refractivity contribution in [1.29, 1.82) is 0 Å². The molecule has 0 spiro atoms. The summed E-state index contributed by atoms with van der Waals surface area (Å²) in [7, 11) is 0. The average Bonchev–Trinajstić information content (AvgIpc) is 2.45. The van der Waals surface area contributed by atoms with E-state index >= 15 is 0 Å². The van der Waals surface area contributed by atoms with Crippen LogP contribution in [0, 0.1) is 10.1 Å². The van der Waals surface area contributed by atoms with E-state index in [-0.39, 0.29) is 10.6 Å².